The molecule has 3 heterocycles. The Kier molecular flexibility index (Phi) is 8.61. The molecule has 1 aromatic heterocycles. The summed E-state index contributed by atoms with van der Waals surface area (Å²) in [4.78, 5) is 38.4. The van der Waals surface area contributed by atoms with E-state index in [9.17, 15) is 9.59 Å². The van der Waals surface area contributed by atoms with Crippen LogP contribution in [-0.4, -0.2) is 76.8 Å². The van der Waals surface area contributed by atoms with Gasteiger partial charge in [0.25, 0.3) is 12.4 Å². The van der Waals surface area contributed by atoms with Crippen LogP contribution in [0.5, 0.6) is 0 Å². The van der Waals surface area contributed by atoms with Gasteiger partial charge in [0.05, 0.1) is 9.75 Å². The van der Waals surface area contributed by atoms with E-state index in [4.69, 9.17) is 9.90 Å². The maximum Gasteiger partial charge on any atom is 0.290 e. The molecule has 26 heavy (non-hydrogen) atoms. The Hall–Kier alpha value is -1.38. The van der Waals surface area contributed by atoms with Crippen molar-refractivity contribution in [2.75, 3.05) is 37.7 Å². The Labute approximate surface area is 162 Å². The Bertz CT molecular complexity index is 614. The Morgan fingerprint density at radius 2 is 1.77 bits per heavy atom. The lowest BCUT2D eigenvalue weighted by molar-refractivity contribution is -0.122. The summed E-state index contributed by atoms with van der Waals surface area (Å²) in [6.45, 7) is 5.00. The van der Waals surface area contributed by atoms with Crippen LogP contribution in [0.4, 0.5) is 0 Å². The molecule has 1 amide bonds. The van der Waals surface area contributed by atoms with Gasteiger partial charge in [-0.15, -0.1) is 11.3 Å². The highest BCUT2D eigenvalue weighted by molar-refractivity contribution is 7.99. The quantitative estimate of drug-likeness (QED) is 0.623. The van der Waals surface area contributed by atoms with Gasteiger partial charge in [0, 0.05) is 32.2 Å². The third-order valence-corrected chi connectivity index (χ3v) is 6.91. The van der Waals surface area contributed by atoms with Crippen LogP contribution in [0.15, 0.2) is 12.1 Å². The molecule has 3 rings (SSSR count). The van der Waals surface area contributed by atoms with Crippen LogP contribution in [0.2, 0.25) is 0 Å². The summed E-state index contributed by atoms with van der Waals surface area (Å²) in [5.74, 6) is 2.66. The lowest BCUT2D eigenvalue weighted by Crippen LogP contribution is -2.41. The second-order valence-corrected chi connectivity index (χ2v) is 8.66. The van der Waals surface area contributed by atoms with Crippen LogP contribution in [0.25, 0.3) is 0 Å². The summed E-state index contributed by atoms with van der Waals surface area (Å²) >= 11 is 3.38. The number of ketones is 1. The molecule has 1 aromatic rings. The lowest BCUT2D eigenvalue weighted by atomic mass is 10.1. The summed E-state index contributed by atoms with van der Waals surface area (Å²) < 4.78 is 0. The van der Waals surface area contributed by atoms with E-state index in [-0.39, 0.29) is 18.2 Å². The molecule has 0 aliphatic carbocycles. The predicted octanol–water partition coefficient (Wildman–Crippen LogP) is 2.70. The minimum atomic E-state index is -0.250. The van der Waals surface area contributed by atoms with E-state index in [0.717, 1.165) is 32.6 Å². The third-order valence-electron chi connectivity index (χ3n) is 4.69. The van der Waals surface area contributed by atoms with Crippen molar-refractivity contribution in [2.45, 2.75) is 32.2 Å². The van der Waals surface area contributed by atoms with Gasteiger partial charge in [-0.25, -0.2) is 0 Å². The number of thioether (sulfide) groups is 1. The first-order valence-electron chi connectivity index (χ1n) is 8.86. The zero-order valence-electron chi connectivity index (χ0n) is 15.1. The van der Waals surface area contributed by atoms with Crippen molar-refractivity contribution < 1.29 is 19.5 Å². The molecule has 0 aromatic carbocycles. The molecule has 0 unspecified atom stereocenters. The van der Waals surface area contributed by atoms with Crippen LogP contribution in [-0.2, 0) is 4.79 Å². The number of nitrogens with zero attached hydrogens (tertiary/aromatic N) is 2. The van der Waals surface area contributed by atoms with Crippen molar-refractivity contribution in [2.24, 2.45) is 0 Å². The molecule has 2 aliphatic heterocycles. The van der Waals surface area contributed by atoms with E-state index in [2.05, 4.69) is 16.7 Å². The van der Waals surface area contributed by atoms with Crippen molar-refractivity contribution in [1.29, 1.82) is 0 Å². The van der Waals surface area contributed by atoms with Crippen LogP contribution < -0.4 is 0 Å². The zero-order chi connectivity index (χ0) is 18.9. The predicted molar refractivity (Wildman–Crippen MR) is 105 cm³/mol. The number of carboxylic acid groups (broad SMARTS) is 1. The second-order valence-electron chi connectivity index (χ2n) is 6.35. The fourth-order valence-electron chi connectivity index (χ4n) is 3.35. The molecule has 6 nitrogen and oxygen atoms in total. The van der Waals surface area contributed by atoms with Crippen LogP contribution in [0, 0.1) is 0 Å². The number of hydrogen-bond acceptors (Lipinski definition) is 6. The summed E-state index contributed by atoms with van der Waals surface area (Å²) in [5, 5.41) is 6.89. The number of carbonyl (C=O) groups is 3. The highest BCUT2D eigenvalue weighted by Gasteiger charge is 2.26. The smallest absolute Gasteiger partial charge is 0.290 e. The van der Waals surface area contributed by atoms with E-state index < -0.39 is 0 Å². The van der Waals surface area contributed by atoms with Gasteiger partial charge in [-0.3, -0.25) is 19.3 Å². The molecule has 2 fully saturated rings. The molecule has 2 saturated heterocycles. The number of amides is 1. The fourth-order valence-corrected chi connectivity index (χ4v) is 5.30. The monoisotopic (exact) mass is 398 g/mol. The molecule has 144 valence electrons. The molecule has 0 spiro atoms. The van der Waals surface area contributed by atoms with E-state index in [1.165, 1.54) is 35.7 Å². The van der Waals surface area contributed by atoms with Gasteiger partial charge in [-0.2, -0.15) is 11.8 Å². The molecule has 8 heteroatoms. The maximum atomic E-state index is 12.7. The zero-order valence-corrected chi connectivity index (χ0v) is 16.7. The topological polar surface area (TPSA) is 77.9 Å². The first-order chi connectivity index (χ1) is 12.6. The van der Waals surface area contributed by atoms with Gasteiger partial charge in [0.1, 0.15) is 0 Å². The summed E-state index contributed by atoms with van der Waals surface area (Å²) in [7, 11) is 0. The minimum absolute atomic E-state index is 0.0336. The minimum Gasteiger partial charge on any atom is -0.483 e. The van der Waals surface area contributed by atoms with Crippen molar-refractivity contribution >= 4 is 41.3 Å². The van der Waals surface area contributed by atoms with Gasteiger partial charge in [0.15, 0.2) is 5.78 Å². The number of rotatable bonds is 3. The SMILES string of the molecule is CC(=O)c1ccc(C(=O)N2CCCN(C3CCSCC3)CC2)s1.O=CO. The van der Waals surface area contributed by atoms with Gasteiger partial charge < -0.3 is 10.0 Å². The second kappa shape index (κ2) is 10.7. The molecule has 1 N–H and O–H groups in total. The highest BCUT2D eigenvalue weighted by atomic mass is 32.2. The molecule has 0 saturated carbocycles. The van der Waals surface area contributed by atoms with E-state index >= 15 is 0 Å². The van der Waals surface area contributed by atoms with Gasteiger partial charge in [-0.1, -0.05) is 0 Å². The summed E-state index contributed by atoms with van der Waals surface area (Å²) in [5.41, 5.74) is 0. The number of carbonyl (C=O) groups excluding carboxylic acids is 2. The number of Topliss-reactive ketones (excluding diaryl/α,β-unsaturated/α-hetero) is 1. The van der Waals surface area contributed by atoms with Crippen LogP contribution in [0.1, 0.15) is 45.5 Å². The average Bonchev–Trinajstić information content (AvgIpc) is 3.01. The van der Waals surface area contributed by atoms with Gasteiger partial charge in [0.2, 0.25) is 0 Å². The number of hydrogen-bond donors (Lipinski definition) is 1. The standard InChI is InChI=1S/C17H24N2O2S2.CH2O2/c1-13(20)15-3-4-16(23-15)17(21)19-8-2-7-18(9-10-19)14-5-11-22-12-6-14;2-1-3/h3-4,14H,2,5-12H2,1H3;1H,(H,2,3). The molecule has 0 bridgehead atoms. The molecular weight excluding hydrogens is 372 g/mol. The van der Waals surface area contributed by atoms with Crippen molar-refractivity contribution in [3.05, 3.63) is 21.9 Å². The molecule has 0 radical (unpaired) electrons. The van der Waals surface area contributed by atoms with Crippen LogP contribution in [0.3, 0.4) is 0 Å². The Morgan fingerprint density at radius 1 is 1.12 bits per heavy atom. The largest absolute Gasteiger partial charge is 0.483 e. The Morgan fingerprint density at radius 3 is 2.38 bits per heavy atom. The van der Waals surface area contributed by atoms with E-state index in [1.54, 1.807) is 19.1 Å². The first kappa shape index (κ1) is 20.9. The fraction of sp³-hybridized carbons (Fsp3) is 0.611. The maximum absolute atomic E-state index is 12.7. The first-order valence-corrected chi connectivity index (χ1v) is 10.8. The molecular formula is C18H26N2O4S2. The third kappa shape index (κ3) is 5.82. The van der Waals surface area contributed by atoms with E-state index in [0.29, 0.717) is 15.8 Å². The summed E-state index contributed by atoms with van der Waals surface area (Å²) in [6.07, 6.45) is 3.61. The highest BCUT2D eigenvalue weighted by Crippen LogP contribution is 2.24. The van der Waals surface area contributed by atoms with Gasteiger partial charge in [-0.05, 0) is 49.8 Å². The number of thiophene rings is 1. The van der Waals surface area contributed by atoms with Crippen molar-refractivity contribution in [3.63, 3.8) is 0 Å². The normalized spacial score (nSPS) is 19.2. The van der Waals surface area contributed by atoms with Gasteiger partial charge >= 0.3 is 0 Å². The lowest BCUT2D eigenvalue weighted by Gasteiger charge is -2.33. The van der Waals surface area contributed by atoms with Crippen LogP contribution >= 0.6 is 23.1 Å². The summed E-state index contributed by atoms with van der Waals surface area (Å²) in [6, 6.07) is 4.27. The Balaban J connectivity index is 0.000000758. The van der Waals surface area contributed by atoms with Crippen molar-refractivity contribution in [3.8, 4) is 0 Å². The molecule has 0 atom stereocenters. The van der Waals surface area contributed by atoms with E-state index in [1.807, 2.05) is 4.90 Å². The van der Waals surface area contributed by atoms with Crippen molar-refractivity contribution in [1.82, 2.24) is 9.80 Å². The average molecular weight is 399 g/mol. The molecule has 2 aliphatic rings.